The zero-order valence-corrected chi connectivity index (χ0v) is 5.95. The average Bonchev–Trinajstić information content (AvgIpc) is 1.96. The first kappa shape index (κ1) is 7.98. The molecule has 1 rings (SSSR count). The summed E-state index contributed by atoms with van der Waals surface area (Å²) < 4.78 is 0. The van der Waals surface area contributed by atoms with Crippen molar-refractivity contribution in [2.75, 3.05) is 6.61 Å². The van der Waals surface area contributed by atoms with Crippen LogP contribution in [0.2, 0.25) is 0 Å². The van der Waals surface area contributed by atoms with Crippen LogP contribution in [0.25, 0.3) is 0 Å². The molecule has 1 aliphatic carbocycles. The Bertz CT molecular complexity index is 115. The summed E-state index contributed by atoms with van der Waals surface area (Å²) in [6.07, 6.45) is 2.24. The summed E-state index contributed by atoms with van der Waals surface area (Å²) in [5.74, 6) is 0. The van der Waals surface area contributed by atoms with Gasteiger partial charge < -0.3 is 15.3 Å². The van der Waals surface area contributed by atoms with Gasteiger partial charge in [-0.05, 0) is 12.8 Å². The lowest BCUT2D eigenvalue weighted by Crippen LogP contribution is -2.47. The van der Waals surface area contributed by atoms with Crippen LogP contribution in [0, 0.1) is 0 Å². The Kier molecular flexibility index (Phi) is 2.28. The summed E-state index contributed by atoms with van der Waals surface area (Å²) >= 11 is 0. The van der Waals surface area contributed by atoms with E-state index in [0.717, 1.165) is 12.8 Å². The van der Waals surface area contributed by atoms with Gasteiger partial charge in [-0.2, -0.15) is 0 Å². The molecule has 10 heavy (non-hydrogen) atoms. The molecule has 0 aliphatic heterocycles. The van der Waals surface area contributed by atoms with Crippen LogP contribution in [0.4, 0.5) is 0 Å². The number of aliphatic hydroxyl groups is 3. The van der Waals surface area contributed by atoms with Gasteiger partial charge in [0.25, 0.3) is 0 Å². The zero-order chi connectivity index (χ0) is 7.61. The van der Waals surface area contributed by atoms with Gasteiger partial charge in [-0.25, -0.2) is 0 Å². The molecule has 0 bridgehead atoms. The number of rotatable bonds is 1. The minimum absolute atomic E-state index is 0.325. The third-order valence-electron chi connectivity index (χ3n) is 2.23. The molecule has 2 atom stereocenters. The molecular formula is C7H14O3. The molecular weight excluding hydrogens is 132 g/mol. The van der Waals surface area contributed by atoms with E-state index in [1.165, 1.54) is 0 Å². The fourth-order valence-corrected chi connectivity index (χ4v) is 1.39. The van der Waals surface area contributed by atoms with Crippen LogP contribution in [-0.2, 0) is 0 Å². The highest BCUT2D eigenvalue weighted by Gasteiger charge is 2.36. The second kappa shape index (κ2) is 2.86. The van der Waals surface area contributed by atoms with Crippen LogP contribution in [0.1, 0.15) is 25.7 Å². The molecule has 3 heteroatoms. The lowest BCUT2D eigenvalue weighted by Gasteiger charge is -2.34. The van der Waals surface area contributed by atoms with Gasteiger partial charge >= 0.3 is 0 Å². The predicted octanol–water partition coefficient (Wildman–Crippen LogP) is -0.355. The molecule has 3 nitrogen and oxygen atoms in total. The minimum atomic E-state index is -1.21. The fraction of sp³-hybridized carbons (Fsp3) is 1.00. The normalized spacial score (nSPS) is 41.7. The lowest BCUT2D eigenvalue weighted by molar-refractivity contribution is -0.126. The highest BCUT2D eigenvalue weighted by atomic mass is 16.4. The molecule has 0 saturated heterocycles. The quantitative estimate of drug-likeness (QED) is 0.473. The summed E-state index contributed by atoms with van der Waals surface area (Å²) in [4.78, 5) is 0. The van der Waals surface area contributed by atoms with Crippen molar-refractivity contribution in [2.45, 2.75) is 37.4 Å². The Morgan fingerprint density at radius 1 is 1.40 bits per heavy atom. The third-order valence-corrected chi connectivity index (χ3v) is 2.23. The van der Waals surface area contributed by atoms with E-state index < -0.39 is 11.7 Å². The molecule has 1 saturated carbocycles. The number of hydrogen-bond acceptors (Lipinski definition) is 3. The van der Waals surface area contributed by atoms with Gasteiger partial charge in [0.05, 0.1) is 12.7 Å². The van der Waals surface area contributed by atoms with Crippen molar-refractivity contribution in [3.63, 3.8) is 0 Å². The SMILES string of the molecule is OC[C@]1(O)CCCC[C@@H]1O. The summed E-state index contributed by atoms with van der Waals surface area (Å²) in [6, 6.07) is 0. The van der Waals surface area contributed by atoms with Crippen molar-refractivity contribution in [3.05, 3.63) is 0 Å². The first-order valence-corrected chi connectivity index (χ1v) is 3.70. The van der Waals surface area contributed by atoms with Crippen LogP contribution >= 0.6 is 0 Å². The second-order valence-electron chi connectivity index (χ2n) is 3.02. The maximum atomic E-state index is 9.45. The molecule has 0 aromatic carbocycles. The summed E-state index contributed by atoms with van der Waals surface area (Å²) in [6.45, 7) is -0.325. The van der Waals surface area contributed by atoms with Crippen molar-refractivity contribution in [1.29, 1.82) is 0 Å². The lowest BCUT2D eigenvalue weighted by atomic mass is 9.83. The van der Waals surface area contributed by atoms with E-state index in [0.29, 0.717) is 12.8 Å². The number of hydrogen-bond donors (Lipinski definition) is 3. The Balaban J connectivity index is 2.54. The Morgan fingerprint density at radius 2 is 2.10 bits per heavy atom. The van der Waals surface area contributed by atoms with E-state index in [1.54, 1.807) is 0 Å². The molecule has 0 amide bonds. The first-order chi connectivity index (χ1) is 4.69. The average molecular weight is 146 g/mol. The van der Waals surface area contributed by atoms with Crippen LogP contribution in [0.3, 0.4) is 0 Å². The largest absolute Gasteiger partial charge is 0.393 e. The Hall–Kier alpha value is -0.120. The van der Waals surface area contributed by atoms with Crippen LogP contribution < -0.4 is 0 Å². The molecule has 60 valence electrons. The van der Waals surface area contributed by atoms with Crippen LogP contribution in [0.15, 0.2) is 0 Å². The van der Waals surface area contributed by atoms with Crippen molar-refractivity contribution in [2.24, 2.45) is 0 Å². The highest BCUT2D eigenvalue weighted by Crippen LogP contribution is 2.27. The summed E-state index contributed by atoms with van der Waals surface area (Å²) in [7, 11) is 0. The fourth-order valence-electron chi connectivity index (χ4n) is 1.39. The predicted molar refractivity (Wildman–Crippen MR) is 36.5 cm³/mol. The van der Waals surface area contributed by atoms with Crippen molar-refractivity contribution >= 4 is 0 Å². The van der Waals surface area contributed by atoms with E-state index in [9.17, 15) is 10.2 Å². The van der Waals surface area contributed by atoms with Gasteiger partial charge in [0, 0.05) is 0 Å². The molecule has 0 aromatic rings. The molecule has 0 unspecified atom stereocenters. The van der Waals surface area contributed by atoms with E-state index in [1.807, 2.05) is 0 Å². The van der Waals surface area contributed by atoms with E-state index in [2.05, 4.69) is 0 Å². The standard InChI is InChI=1S/C7H14O3/c8-5-7(10)4-2-1-3-6(7)9/h6,8-10H,1-5H2/t6-,7+/m0/s1. The van der Waals surface area contributed by atoms with Gasteiger partial charge in [-0.15, -0.1) is 0 Å². The van der Waals surface area contributed by atoms with E-state index in [-0.39, 0.29) is 6.61 Å². The molecule has 0 radical (unpaired) electrons. The Morgan fingerprint density at radius 3 is 2.50 bits per heavy atom. The van der Waals surface area contributed by atoms with Crippen molar-refractivity contribution in [1.82, 2.24) is 0 Å². The zero-order valence-electron chi connectivity index (χ0n) is 5.95. The van der Waals surface area contributed by atoms with Gasteiger partial charge in [0.2, 0.25) is 0 Å². The van der Waals surface area contributed by atoms with Crippen LogP contribution in [-0.4, -0.2) is 33.6 Å². The molecule has 0 heterocycles. The topological polar surface area (TPSA) is 60.7 Å². The molecule has 1 aliphatic rings. The molecule has 1 fully saturated rings. The maximum Gasteiger partial charge on any atom is 0.113 e. The minimum Gasteiger partial charge on any atom is -0.393 e. The third kappa shape index (κ3) is 1.31. The van der Waals surface area contributed by atoms with E-state index >= 15 is 0 Å². The molecule has 0 aromatic heterocycles. The van der Waals surface area contributed by atoms with E-state index in [4.69, 9.17) is 5.11 Å². The van der Waals surface area contributed by atoms with Crippen molar-refractivity contribution in [3.8, 4) is 0 Å². The summed E-state index contributed by atoms with van der Waals surface area (Å²) in [5, 5.41) is 27.4. The van der Waals surface area contributed by atoms with Crippen LogP contribution in [0.5, 0.6) is 0 Å². The number of aliphatic hydroxyl groups excluding tert-OH is 2. The maximum absolute atomic E-state index is 9.45. The highest BCUT2D eigenvalue weighted by molar-refractivity contribution is 4.89. The molecule has 3 N–H and O–H groups in total. The molecule has 0 spiro atoms. The van der Waals surface area contributed by atoms with Gasteiger partial charge in [0.15, 0.2) is 0 Å². The Labute approximate surface area is 60.3 Å². The van der Waals surface area contributed by atoms with Gasteiger partial charge in [-0.3, -0.25) is 0 Å². The summed E-state index contributed by atoms with van der Waals surface area (Å²) in [5.41, 5.74) is -1.21. The van der Waals surface area contributed by atoms with Crippen molar-refractivity contribution < 1.29 is 15.3 Å². The van der Waals surface area contributed by atoms with Gasteiger partial charge in [0.1, 0.15) is 5.60 Å². The second-order valence-corrected chi connectivity index (χ2v) is 3.02. The monoisotopic (exact) mass is 146 g/mol. The van der Waals surface area contributed by atoms with Gasteiger partial charge in [-0.1, -0.05) is 12.8 Å². The smallest absolute Gasteiger partial charge is 0.113 e. The first-order valence-electron chi connectivity index (χ1n) is 3.70.